The van der Waals surface area contributed by atoms with E-state index >= 15 is 0 Å². The fourth-order valence-corrected chi connectivity index (χ4v) is 2.15. The van der Waals surface area contributed by atoms with E-state index in [9.17, 15) is 5.11 Å². The first-order valence-electron chi connectivity index (χ1n) is 7.92. The maximum atomic E-state index is 10.2. The lowest BCUT2D eigenvalue weighted by molar-refractivity contribution is -0.0593. The second kappa shape index (κ2) is 8.52. The van der Waals surface area contributed by atoms with Crippen LogP contribution in [0.25, 0.3) is 0 Å². The Labute approximate surface area is 129 Å². The molecule has 0 spiro atoms. The average molecular weight is 293 g/mol. The Balaban J connectivity index is 2.58. The molecular formula is C18H31NO2. The number of rotatable bonds is 8. The van der Waals surface area contributed by atoms with Crippen LogP contribution in [0.2, 0.25) is 0 Å². The van der Waals surface area contributed by atoms with Crippen molar-refractivity contribution < 1.29 is 9.84 Å². The van der Waals surface area contributed by atoms with E-state index in [2.05, 4.69) is 43.0 Å². The second-order valence-electron chi connectivity index (χ2n) is 6.75. The molecule has 0 unspecified atom stereocenters. The lowest BCUT2D eigenvalue weighted by Gasteiger charge is -2.31. The summed E-state index contributed by atoms with van der Waals surface area (Å²) in [7, 11) is 0. The van der Waals surface area contributed by atoms with Crippen LogP contribution in [0.15, 0.2) is 30.3 Å². The highest BCUT2D eigenvalue weighted by Crippen LogP contribution is 2.13. The Kier molecular flexibility index (Phi) is 7.36. The molecule has 0 aliphatic heterocycles. The van der Waals surface area contributed by atoms with Crippen molar-refractivity contribution in [1.29, 1.82) is 0 Å². The van der Waals surface area contributed by atoms with Crippen LogP contribution < -0.4 is 0 Å². The van der Waals surface area contributed by atoms with E-state index in [0.29, 0.717) is 19.2 Å². The van der Waals surface area contributed by atoms with Gasteiger partial charge in [0.05, 0.1) is 18.3 Å². The van der Waals surface area contributed by atoms with E-state index in [1.165, 1.54) is 5.56 Å². The average Bonchev–Trinajstić information content (AvgIpc) is 2.44. The van der Waals surface area contributed by atoms with Gasteiger partial charge in [-0.2, -0.15) is 0 Å². The fraction of sp³-hybridized carbons (Fsp3) is 0.667. The van der Waals surface area contributed by atoms with Crippen LogP contribution in [-0.4, -0.2) is 40.9 Å². The van der Waals surface area contributed by atoms with Crippen LogP contribution in [0.4, 0.5) is 0 Å². The van der Waals surface area contributed by atoms with Gasteiger partial charge < -0.3 is 9.84 Å². The van der Waals surface area contributed by atoms with Gasteiger partial charge in [0.1, 0.15) is 0 Å². The number of ether oxygens (including phenoxy) is 1. The first-order valence-corrected chi connectivity index (χ1v) is 7.92. The Morgan fingerprint density at radius 3 is 2.33 bits per heavy atom. The van der Waals surface area contributed by atoms with Crippen LogP contribution in [0.5, 0.6) is 0 Å². The standard InChI is InChI=1S/C18H31NO2/c1-6-15(2)19(12-16-10-8-7-9-11-16)13-17(20)14-21-18(3,4)5/h7-11,15,17,20H,6,12-14H2,1-5H3/t15-,17+/m1/s1. The molecule has 0 aromatic heterocycles. The molecule has 0 heterocycles. The van der Waals surface area contributed by atoms with E-state index in [-0.39, 0.29) is 5.60 Å². The zero-order valence-corrected chi connectivity index (χ0v) is 14.2. The Morgan fingerprint density at radius 1 is 1.19 bits per heavy atom. The van der Waals surface area contributed by atoms with Crippen molar-refractivity contribution in [2.24, 2.45) is 0 Å². The third kappa shape index (κ3) is 7.60. The molecule has 2 atom stereocenters. The molecule has 0 aliphatic carbocycles. The lowest BCUT2D eigenvalue weighted by Crippen LogP contribution is -2.40. The summed E-state index contributed by atoms with van der Waals surface area (Å²) in [4.78, 5) is 2.33. The number of aliphatic hydroxyl groups excluding tert-OH is 1. The van der Waals surface area contributed by atoms with Crippen molar-refractivity contribution in [2.45, 2.75) is 65.3 Å². The van der Waals surface area contributed by atoms with E-state index in [0.717, 1.165) is 13.0 Å². The third-order valence-corrected chi connectivity index (χ3v) is 3.60. The minimum absolute atomic E-state index is 0.207. The van der Waals surface area contributed by atoms with Gasteiger partial charge in [-0.1, -0.05) is 37.3 Å². The molecule has 3 heteroatoms. The smallest absolute Gasteiger partial charge is 0.0900 e. The molecule has 0 saturated carbocycles. The number of hydrogen-bond donors (Lipinski definition) is 1. The molecule has 0 radical (unpaired) electrons. The topological polar surface area (TPSA) is 32.7 Å². The van der Waals surface area contributed by atoms with Gasteiger partial charge in [-0.25, -0.2) is 0 Å². The van der Waals surface area contributed by atoms with Gasteiger partial charge in [-0.15, -0.1) is 0 Å². The molecule has 0 bridgehead atoms. The summed E-state index contributed by atoms with van der Waals surface area (Å²) in [5, 5.41) is 10.2. The molecule has 1 aromatic rings. The molecule has 1 rings (SSSR count). The SMILES string of the molecule is CC[C@@H](C)N(Cc1ccccc1)C[C@H](O)COC(C)(C)C. The molecule has 0 saturated heterocycles. The molecular weight excluding hydrogens is 262 g/mol. The van der Waals surface area contributed by atoms with E-state index in [4.69, 9.17) is 4.74 Å². The largest absolute Gasteiger partial charge is 0.389 e. The molecule has 1 N–H and O–H groups in total. The quantitative estimate of drug-likeness (QED) is 0.796. The predicted molar refractivity (Wildman–Crippen MR) is 88.3 cm³/mol. The van der Waals surface area contributed by atoms with Crippen molar-refractivity contribution in [1.82, 2.24) is 4.90 Å². The highest BCUT2D eigenvalue weighted by molar-refractivity contribution is 5.14. The summed E-state index contributed by atoms with van der Waals surface area (Å²) in [6.45, 7) is 12.3. The lowest BCUT2D eigenvalue weighted by atomic mass is 10.1. The van der Waals surface area contributed by atoms with Crippen molar-refractivity contribution in [3.63, 3.8) is 0 Å². The first-order chi connectivity index (χ1) is 9.81. The molecule has 0 aliphatic rings. The van der Waals surface area contributed by atoms with Crippen LogP contribution >= 0.6 is 0 Å². The molecule has 3 nitrogen and oxygen atoms in total. The van der Waals surface area contributed by atoms with Crippen LogP contribution in [0.1, 0.15) is 46.6 Å². The molecule has 1 aromatic carbocycles. The molecule has 0 amide bonds. The Hall–Kier alpha value is -0.900. The fourth-order valence-electron chi connectivity index (χ4n) is 2.15. The van der Waals surface area contributed by atoms with E-state index in [1.54, 1.807) is 0 Å². The summed E-state index contributed by atoms with van der Waals surface area (Å²) in [6.07, 6.45) is 0.613. The zero-order valence-electron chi connectivity index (χ0n) is 14.2. The van der Waals surface area contributed by atoms with E-state index < -0.39 is 6.10 Å². The number of benzene rings is 1. The van der Waals surface area contributed by atoms with Gasteiger partial charge >= 0.3 is 0 Å². The van der Waals surface area contributed by atoms with Crippen LogP contribution in [0.3, 0.4) is 0 Å². The summed E-state index contributed by atoms with van der Waals surface area (Å²) >= 11 is 0. The summed E-state index contributed by atoms with van der Waals surface area (Å²) in [5.74, 6) is 0. The van der Waals surface area contributed by atoms with Gasteiger partial charge in [-0.3, -0.25) is 4.90 Å². The van der Waals surface area contributed by atoms with Crippen molar-refractivity contribution in [3.8, 4) is 0 Å². The zero-order chi connectivity index (χ0) is 15.9. The normalized spacial score (nSPS) is 15.2. The highest BCUT2D eigenvalue weighted by Gasteiger charge is 2.19. The Morgan fingerprint density at radius 2 is 1.81 bits per heavy atom. The maximum absolute atomic E-state index is 10.2. The van der Waals surface area contributed by atoms with Gasteiger partial charge in [0.15, 0.2) is 0 Å². The Bertz CT molecular complexity index is 386. The monoisotopic (exact) mass is 293 g/mol. The van der Waals surface area contributed by atoms with Gasteiger partial charge in [0.25, 0.3) is 0 Å². The summed E-state index contributed by atoms with van der Waals surface area (Å²) in [6, 6.07) is 10.9. The third-order valence-electron chi connectivity index (χ3n) is 3.60. The minimum Gasteiger partial charge on any atom is -0.389 e. The minimum atomic E-state index is -0.457. The first kappa shape index (κ1) is 18.1. The van der Waals surface area contributed by atoms with Crippen molar-refractivity contribution in [2.75, 3.05) is 13.2 Å². The van der Waals surface area contributed by atoms with Crippen molar-refractivity contribution >= 4 is 0 Å². The molecule has 0 fully saturated rings. The second-order valence-corrected chi connectivity index (χ2v) is 6.75. The number of hydrogen-bond acceptors (Lipinski definition) is 3. The number of nitrogens with zero attached hydrogens (tertiary/aromatic N) is 1. The highest BCUT2D eigenvalue weighted by atomic mass is 16.5. The van der Waals surface area contributed by atoms with Gasteiger partial charge in [-0.05, 0) is 39.7 Å². The summed E-state index contributed by atoms with van der Waals surface area (Å²) < 4.78 is 5.68. The van der Waals surface area contributed by atoms with E-state index in [1.807, 2.05) is 26.8 Å². The number of aliphatic hydroxyl groups is 1. The molecule has 21 heavy (non-hydrogen) atoms. The maximum Gasteiger partial charge on any atom is 0.0900 e. The van der Waals surface area contributed by atoms with Crippen LogP contribution in [-0.2, 0) is 11.3 Å². The van der Waals surface area contributed by atoms with Gasteiger partial charge in [0.2, 0.25) is 0 Å². The molecule has 120 valence electrons. The summed E-state index contributed by atoms with van der Waals surface area (Å²) in [5.41, 5.74) is 1.07. The predicted octanol–water partition coefficient (Wildman–Crippen LogP) is 3.46. The van der Waals surface area contributed by atoms with Gasteiger partial charge in [0, 0.05) is 19.1 Å². The van der Waals surface area contributed by atoms with Crippen molar-refractivity contribution in [3.05, 3.63) is 35.9 Å². The van der Waals surface area contributed by atoms with Crippen LogP contribution in [0, 0.1) is 0 Å².